The van der Waals surface area contributed by atoms with Crippen molar-refractivity contribution >= 4 is 0 Å². The van der Waals surface area contributed by atoms with Crippen molar-refractivity contribution in [2.45, 2.75) is 13.0 Å². The lowest BCUT2D eigenvalue weighted by Crippen LogP contribution is -2.22. The molecule has 4 heteroatoms. The number of hydrogen-bond acceptors (Lipinski definition) is 3. The molecule has 0 fully saturated rings. The van der Waals surface area contributed by atoms with Gasteiger partial charge in [0, 0.05) is 18.3 Å². The molecular weight excluding hydrogens is 157 g/mol. The Morgan fingerprint density at radius 1 is 1.58 bits per heavy atom. The van der Waals surface area contributed by atoms with Gasteiger partial charge in [-0.15, -0.1) is 0 Å². The van der Waals surface area contributed by atoms with Gasteiger partial charge >= 0.3 is 0 Å². The van der Waals surface area contributed by atoms with Gasteiger partial charge in [-0.1, -0.05) is 6.07 Å². The van der Waals surface area contributed by atoms with Gasteiger partial charge in [0.1, 0.15) is 0 Å². The maximum Gasteiger partial charge on any atom is 0.213 e. The van der Waals surface area contributed by atoms with Crippen LogP contribution >= 0.6 is 0 Å². The van der Waals surface area contributed by atoms with Crippen LogP contribution in [0.2, 0.25) is 0 Å². The molecule has 0 saturated heterocycles. The van der Waals surface area contributed by atoms with Crippen molar-refractivity contribution in [1.29, 1.82) is 0 Å². The van der Waals surface area contributed by atoms with Crippen molar-refractivity contribution in [3.63, 3.8) is 0 Å². The summed E-state index contributed by atoms with van der Waals surface area (Å²) in [5.41, 5.74) is 12.4. The lowest BCUT2D eigenvalue weighted by Gasteiger charge is -2.10. The highest BCUT2D eigenvalue weighted by Crippen LogP contribution is 2.12. The molecule has 0 aliphatic carbocycles. The summed E-state index contributed by atoms with van der Waals surface area (Å²) in [6, 6.07) is 2.66. The summed E-state index contributed by atoms with van der Waals surface area (Å²) < 4.78 is 12.5. The minimum atomic E-state index is -0.486. The Balaban J connectivity index is 3.01. The van der Waals surface area contributed by atoms with Gasteiger partial charge in [-0.25, -0.2) is 4.98 Å². The number of halogens is 1. The Hall–Kier alpha value is -1.00. The van der Waals surface area contributed by atoms with Gasteiger partial charge in [-0.3, -0.25) is 0 Å². The first kappa shape index (κ1) is 9.09. The fourth-order valence-corrected chi connectivity index (χ4v) is 1.06. The van der Waals surface area contributed by atoms with Crippen LogP contribution in [0.25, 0.3) is 0 Å². The first-order valence-electron chi connectivity index (χ1n) is 3.74. The smallest absolute Gasteiger partial charge is 0.213 e. The second-order valence-electron chi connectivity index (χ2n) is 2.65. The highest BCUT2D eigenvalue weighted by atomic mass is 19.1. The maximum atomic E-state index is 12.5. The average molecular weight is 169 g/mol. The number of nitrogens with zero attached hydrogens (tertiary/aromatic N) is 1. The number of hydrogen-bond donors (Lipinski definition) is 2. The Kier molecular flexibility index (Phi) is 2.73. The summed E-state index contributed by atoms with van der Waals surface area (Å²) in [5.74, 6) is -0.486. The number of aromatic nitrogens is 1. The van der Waals surface area contributed by atoms with E-state index in [9.17, 15) is 4.39 Å². The summed E-state index contributed by atoms with van der Waals surface area (Å²) in [6.07, 6.45) is 0. The Bertz CT molecular complexity index is 275. The average Bonchev–Trinajstić information content (AvgIpc) is 2.03. The molecule has 0 spiro atoms. The van der Waals surface area contributed by atoms with Crippen LogP contribution in [0, 0.1) is 12.9 Å². The van der Waals surface area contributed by atoms with Crippen LogP contribution in [0.3, 0.4) is 0 Å². The van der Waals surface area contributed by atoms with E-state index in [2.05, 4.69) is 4.98 Å². The van der Waals surface area contributed by atoms with Gasteiger partial charge < -0.3 is 11.5 Å². The van der Waals surface area contributed by atoms with E-state index in [1.165, 1.54) is 6.07 Å². The van der Waals surface area contributed by atoms with Gasteiger partial charge in [-0.05, 0) is 18.6 Å². The quantitative estimate of drug-likeness (QED) is 0.633. The van der Waals surface area contributed by atoms with E-state index >= 15 is 0 Å². The predicted molar refractivity (Wildman–Crippen MR) is 44.9 cm³/mol. The molecule has 4 N–H and O–H groups in total. The van der Waals surface area contributed by atoms with Crippen LogP contribution in [-0.4, -0.2) is 11.5 Å². The van der Waals surface area contributed by atoms with E-state index in [0.717, 1.165) is 5.56 Å². The fraction of sp³-hybridized carbons (Fsp3) is 0.375. The molecule has 1 aromatic heterocycles. The number of rotatable bonds is 2. The first-order valence-corrected chi connectivity index (χ1v) is 3.74. The van der Waals surface area contributed by atoms with Gasteiger partial charge in [-0.2, -0.15) is 4.39 Å². The first-order chi connectivity index (χ1) is 5.65. The summed E-state index contributed by atoms with van der Waals surface area (Å²) in [5, 5.41) is 0. The molecule has 66 valence electrons. The minimum Gasteiger partial charge on any atom is -0.329 e. The van der Waals surface area contributed by atoms with E-state index < -0.39 is 5.95 Å². The summed E-state index contributed by atoms with van der Waals surface area (Å²) in [4.78, 5) is 3.64. The summed E-state index contributed by atoms with van der Waals surface area (Å²) >= 11 is 0. The van der Waals surface area contributed by atoms with E-state index in [0.29, 0.717) is 12.2 Å². The molecule has 0 bridgehead atoms. The van der Waals surface area contributed by atoms with E-state index in [1.807, 2.05) is 0 Å². The SMILES string of the molecule is Cc1nc(F)ccc1[C@H](N)CN. The topological polar surface area (TPSA) is 64.9 Å². The fourth-order valence-electron chi connectivity index (χ4n) is 1.06. The largest absolute Gasteiger partial charge is 0.329 e. The molecule has 1 aromatic rings. The normalized spacial score (nSPS) is 13.0. The molecule has 0 unspecified atom stereocenters. The van der Waals surface area contributed by atoms with Gasteiger partial charge in [0.2, 0.25) is 5.95 Å². The molecule has 0 amide bonds. The monoisotopic (exact) mass is 169 g/mol. The highest BCUT2D eigenvalue weighted by Gasteiger charge is 2.07. The summed E-state index contributed by atoms with van der Waals surface area (Å²) in [6.45, 7) is 2.06. The zero-order valence-corrected chi connectivity index (χ0v) is 6.92. The molecule has 1 heterocycles. The summed E-state index contributed by atoms with van der Waals surface area (Å²) in [7, 11) is 0. The van der Waals surface area contributed by atoms with Crippen LogP contribution in [0.1, 0.15) is 17.3 Å². The molecule has 1 atom stereocenters. The number of aryl methyl sites for hydroxylation is 1. The van der Waals surface area contributed by atoms with Crippen LogP contribution < -0.4 is 11.5 Å². The molecule has 0 aromatic carbocycles. The maximum absolute atomic E-state index is 12.5. The van der Waals surface area contributed by atoms with Crippen LogP contribution in [0.4, 0.5) is 4.39 Å². The molecule has 1 rings (SSSR count). The third-order valence-electron chi connectivity index (χ3n) is 1.75. The predicted octanol–water partition coefficient (Wildman–Crippen LogP) is 0.488. The second-order valence-corrected chi connectivity index (χ2v) is 2.65. The van der Waals surface area contributed by atoms with Crippen molar-refractivity contribution < 1.29 is 4.39 Å². The van der Waals surface area contributed by atoms with Crippen LogP contribution in [-0.2, 0) is 0 Å². The molecule has 0 aliphatic heterocycles. The molecular formula is C8H12FN3. The zero-order valence-electron chi connectivity index (χ0n) is 6.92. The van der Waals surface area contributed by atoms with E-state index in [4.69, 9.17) is 11.5 Å². The Morgan fingerprint density at radius 3 is 2.75 bits per heavy atom. The molecule has 0 saturated carbocycles. The Morgan fingerprint density at radius 2 is 2.25 bits per heavy atom. The van der Waals surface area contributed by atoms with E-state index in [-0.39, 0.29) is 6.04 Å². The van der Waals surface area contributed by atoms with Gasteiger partial charge in [0.15, 0.2) is 0 Å². The van der Waals surface area contributed by atoms with Crippen LogP contribution in [0.5, 0.6) is 0 Å². The highest BCUT2D eigenvalue weighted by molar-refractivity contribution is 5.22. The third-order valence-corrected chi connectivity index (χ3v) is 1.75. The zero-order chi connectivity index (χ0) is 9.14. The molecule has 12 heavy (non-hydrogen) atoms. The number of pyridine rings is 1. The van der Waals surface area contributed by atoms with Gasteiger partial charge in [0.25, 0.3) is 0 Å². The van der Waals surface area contributed by atoms with Gasteiger partial charge in [0.05, 0.1) is 0 Å². The molecule has 3 nitrogen and oxygen atoms in total. The van der Waals surface area contributed by atoms with Crippen molar-refractivity contribution in [2.75, 3.05) is 6.54 Å². The lowest BCUT2D eigenvalue weighted by atomic mass is 10.1. The van der Waals surface area contributed by atoms with Crippen molar-refractivity contribution in [2.24, 2.45) is 11.5 Å². The van der Waals surface area contributed by atoms with Crippen molar-refractivity contribution in [3.05, 3.63) is 29.3 Å². The molecule has 0 radical (unpaired) electrons. The second kappa shape index (κ2) is 3.60. The standard InChI is InChI=1S/C8H12FN3/c1-5-6(7(11)4-10)2-3-8(9)12-5/h2-3,7H,4,10-11H2,1H3/t7-/m1/s1. The van der Waals surface area contributed by atoms with Crippen LogP contribution in [0.15, 0.2) is 12.1 Å². The molecule has 0 aliphatic rings. The Labute approximate surface area is 70.6 Å². The third kappa shape index (κ3) is 1.78. The van der Waals surface area contributed by atoms with Crippen molar-refractivity contribution in [3.8, 4) is 0 Å². The van der Waals surface area contributed by atoms with E-state index in [1.54, 1.807) is 13.0 Å². The lowest BCUT2D eigenvalue weighted by molar-refractivity contribution is 0.574. The number of nitrogens with two attached hydrogens (primary N) is 2. The van der Waals surface area contributed by atoms with Crippen molar-refractivity contribution in [1.82, 2.24) is 4.98 Å². The minimum absolute atomic E-state index is 0.252.